The predicted octanol–water partition coefficient (Wildman–Crippen LogP) is 4.86. The normalized spacial score (nSPS) is 13.1. The van der Waals surface area contributed by atoms with E-state index in [-0.39, 0.29) is 6.61 Å². The summed E-state index contributed by atoms with van der Waals surface area (Å²) in [5.41, 5.74) is 7.68. The van der Waals surface area contributed by atoms with Crippen LogP contribution >= 0.6 is 7.37 Å². The fraction of sp³-hybridized carbons (Fsp3) is 0.107. The van der Waals surface area contributed by atoms with Crippen LogP contribution in [0, 0.1) is 0 Å². The second-order valence-electron chi connectivity index (χ2n) is 7.78. The van der Waals surface area contributed by atoms with Crippen LogP contribution in [0.25, 0.3) is 0 Å². The van der Waals surface area contributed by atoms with E-state index in [1.54, 1.807) is 48.5 Å². The van der Waals surface area contributed by atoms with Gasteiger partial charge in [-0.3, -0.25) is 4.57 Å². The number of carbonyl (C=O) groups is 1. The van der Waals surface area contributed by atoms with Crippen LogP contribution in [0.2, 0.25) is 0 Å². The molecular formula is C28H26NO4P. The Morgan fingerprint density at radius 3 is 1.65 bits per heavy atom. The van der Waals surface area contributed by atoms with E-state index in [1.165, 1.54) is 0 Å². The lowest BCUT2D eigenvalue weighted by atomic mass is 10.0. The molecule has 2 atom stereocenters. The zero-order chi connectivity index (χ0) is 23.8. The Hall–Kier alpha value is -3.50. The highest BCUT2D eigenvalue weighted by atomic mass is 31.2. The lowest BCUT2D eigenvalue weighted by molar-refractivity contribution is 0.0190. The molecule has 0 fully saturated rings. The van der Waals surface area contributed by atoms with Crippen LogP contribution in [0.5, 0.6) is 0 Å². The minimum atomic E-state index is -3.42. The van der Waals surface area contributed by atoms with Gasteiger partial charge in [0.05, 0.1) is 18.2 Å². The maximum absolute atomic E-state index is 14.1. The van der Waals surface area contributed by atoms with Gasteiger partial charge in [0.15, 0.2) is 0 Å². The van der Waals surface area contributed by atoms with E-state index < -0.39 is 25.5 Å². The van der Waals surface area contributed by atoms with Crippen molar-refractivity contribution >= 4 is 23.9 Å². The summed E-state index contributed by atoms with van der Waals surface area (Å²) in [5.74, 6) is -0.487. The standard InChI is InChI=1S/C28H26NO4P/c29-26(21-32-34(31,24-17-9-3-10-18-24)25-19-11-4-12-20-25)27(22-13-5-1-6-14-22)33-28(30)23-15-7-2-8-16-23/h1-20,26-27H,21,29H2. The van der Waals surface area contributed by atoms with Crippen LogP contribution in [0.15, 0.2) is 121 Å². The molecule has 0 heterocycles. The van der Waals surface area contributed by atoms with Crippen molar-refractivity contribution in [2.45, 2.75) is 12.1 Å². The highest BCUT2D eigenvalue weighted by Gasteiger charge is 2.32. The maximum atomic E-state index is 14.1. The molecule has 0 bridgehead atoms. The van der Waals surface area contributed by atoms with Crippen molar-refractivity contribution in [2.75, 3.05) is 6.61 Å². The second-order valence-corrected chi connectivity index (χ2v) is 10.2. The predicted molar refractivity (Wildman–Crippen MR) is 135 cm³/mol. The fourth-order valence-corrected chi connectivity index (χ4v) is 5.74. The van der Waals surface area contributed by atoms with E-state index in [0.717, 1.165) is 5.56 Å². The van der Waals surface area contributed by atoms with Crippen molar-refractivity contribution in [3.63, 3.8) is 0 Å². The number of carbonyl (C=O) groups excluding carboxylic acids is 1. The summed E-state index contributed by atoms with van der Waals surface area (Å²) in [6.45, 7) is -0.0807. The minimum Gasteiger partial charge on any atom is -0.452 e. The summed E-state index contributed by atoms with van der Waals surface area (Å²) in [6.07, 6.45) is -0.783. The van der Waals surface area contributed by atoms with Crippen molar-refractivity contribution in [3.05, 3.63) is 132 Å². The van der Waals surface area contributed by atoms with E-state index in [0.29, 0.717) is 16.2 Å². The smallest absolute Gasteiger partial charge is 0.338 e. The van der Waals surface area contributed by atoms with Crippen LogP contribution < -0.4 is 16.3 Å². The summed E-state index contributed by atoms with van der Waals surface area (Å²) in [4.78, 5) is 12.8. The Balaban J connectivity index is 1.59. The van der Waals surface area contributed by atoms with Crippen molar-refractivity contribution in [1.82, 2.24) is 0 Å². The van der Waals surface area contributed by atoms with E-state index >= 15 is 0 Å². The van der Waals surface area contributed by atoms with Crippen LogP contribution in [0.4, 0.5) is 0 Å². The number of rotatable bonds is 9. The largest absolute Gasteiger partial charge is 0.452 e. The highest BCUT2D eigenvalue weighted by Crippen LogP contribution is 2.45. The van der Waals surface area contributed by atoms with Crippen molar-refractivity contribution in [2.24, 2.45) is 5.73 Å². The summed E-state index contributed by atoms with van der Waals surface area (Å²) in [7, 11) is -3.42. The molecule has 34 heavy (non-hydrogen) atoms. The third-order valence-electron chi connectivity index (χ3n) is 5.40. The van der Waals surface area contributed by atoms with Crippen LogP contribution in [0.1, 0.15) is 22.0 Å². The first-order valence-electron chi connectivity index (χ1n) is 11.0. The molecule has 0 aliphatic heterocycles. The van der Waals surface area contributed by atoms with Gasteiger partial charge in [-0.05, 0) is 42.0 Å². The Kier molecular flexibility index (Phi) is 7.71. The van der Waals surface area contributed by atoms with Crippen molar-refractivity contribution in [1.29, 1.82) is 0 Å². The highest BCUT2D eigenvalue weighted by molar-refractivity contribution is 7.74. The van der Waals surface area contributed by atoms with Crippen molar-refractivity contribution in [3.8, 4) is 0 Å². The SMILES string of the molecule is NC(COP(=O)(c1ccccc1)c1ccccc1)C(OC(=O)c1ccccc1)c1ccccc1. The van der Waals surface area contributed by atoms with Gasteiger partial charge in [0.25, 0.3) is 7.37 Å². The molecule has 2 unspecified atom stereocenters. The number of hydrogen-bond donors (Lipinski definition) is 1. The molecule has 0 aliphatic carbocycles. The molecule has 4 aromatic rings. The number of esters is 1. The molecule has 0 radical (unpaired) electrons. The number of ether oxygens (including phenoxy) is 1. The zero-order valence-corrected chi connectivity index (χ0v) is 19.5. The second kappa shape index (κ2) is 11.1. The van der Waals surface area contributed by atoms with Gasteiger partial charge in [-0.15, -0.1) is 0 Å². The van der Waals surface area contributed by atoms with Crippen molar-refractivity contribution < 1.29 is 18.6 Å². The molecule has 0 saturated carbocycles. The monoisotopic (exact) mass is 471 g/mol. The number of nitrogens with two attached hydrogens (primary N) is 1. The van der Waals surface area contributed by atoms with E-state index in [2.05, 4.69) is 0 Å². The Morgan fingerprint density at radius 1 is 0.706 bits per heavy atom. The van der Waals surface area contributed by atoms with Gasteiger partial charge in [-0.1, -0.05) is 84.9 Å². The third-order valence-corrected chi connectivity index (χ3v) is 7.87. The number of hydrogen-bond acceptors (Lipinski definition) is 5. The molecule has 2 N–H and O–H groups in total. The summed E-state index contributed by atoms with van der Waals surface area (Å²) in [6, 6.07) is 35.4. The molecule has 0 aliphatic rings. The van der Waals surface area contributed by atoms with Gasteiger partial charge in [-0.25, -0.2) is 4.79 Å². The Labute approximate surface area is 199 Å². The molecule has 172 valence electrons. The van der Waals surface area contributed by atoms with Crippen LogP contribution in [-0.2, 0) is 13.8 Å². The summed E-state index contributed by atoms with van der Waals surface area (Å²) < 4.78 is 26.1. The molecule has 4 rings (SSSR count). The van der Waals surface area contributed by atoms with Gasteiger partial charge >= 0.3 is 5.97 Å². The third kappa shape index (κ3) is 5.52. The summed E-state index contributed by atoms with van der Waals surface area (Å²) >= 11 is 0. The maximum Gasteiger partial charge on any atom is 0.338 e. The first-order chi connectivity index (χ1) is 16.6. The number of benzene rings is 4. The van der Waals surface area contributed by atoms with E-state index in [1.807, 2.05) is 72.8 Å². The van der Waals surface area contributed by atoms with Gasteiger partial charge in [-0.2, -0.15) is 0 Å². The zero-order valence-electron chi connectivity index (χ0n) is 18.6. The average molecular weight is 471 g/mol. The summed E-state index contributed by atoms with van der Waals surface area (Å²) in [5, 5.41) is 1.15. The fourth-order valence-electron chi connectivity index (χ4n) is 3.63. The van der Waals surface area contributed by atoms with Crippen LogP contribution in [0.3, 0.4) is 0 Å². The Morgan fingerprint density at radius 2 is 1.15 bits per heavy atom. The molecule has 0 saturated heterocycles. The Bertz CT molecular complexity index is 1190. The molecular weight excluding hydrogens is 445 g/mol. The van der Waals surface area contributed by atoms with E-state index in [4.69, 9.17) is 15.0 Å². The lowest BCUT2D eigenvalue weighted by Gasteiger charge is -2.27. The molecule has 0 spiro atoms. The first kappa shape index (κ1) is 23.7. The average Bonchev–Trinajstić information content (AvgIpc) is 2.92. The lowest BCUT2D eigenvalue weighted by Crippen LogP contribution is -2.36. The van der Waals surface area contributed by atoms with Gasteiger partial charge in [0.1, 0.15) is 6.10 Å². The quantitative estimate of drug-likeness (QED) is 0.279. The molecule has 0 aromatic heterocycles. The molecule has 0 amide bonds. The topological polar surface area (TPSA) is 78.6 Å². The first-order valence-corrected chi connectivity index (χ1v) is 12.6. The van der Waals surface area contributed by atoms with Gasteiger partial charge in [0.2, 0.25) is 0 Å². The van der Waals surface area contributed by atoms with Crippen LogP contribution in [-0.4, -0.2) is 18.6 Å². The minimum absolute atomic E-state index is 0.0807. The van der Waals surface area contributed by atoms with Gasteiger partial charge < -0.3 is 15.0 Å². The molecule has 6 heteroatoms. The molecule has 5 nitrogen and oxygen atoms in total. The molecule has 4 aromatic carbocycles. The van der Waals surface area contributed by atoms with E-state index in [9.17, 15) is 9.36 Å². The van der Waals surface area contributed by atoms with Gasteiger partial charge in [0, 0.05) is 10.6 Å².